The van der Waals surface area contributed by atoms with Crippen LogP contribution in [0, 0.1) is 11.6 Å². The Balaban J connectivity index is 1.77. The molecule has 2 heterocycles. The highest BCUT2D eigenvalue weighted by Crippen LogP contribution is 2.27. The van der Waals surface area contributed by atoms with Crippen molar-refractivity contribution in [3.8, 4) is 11.4 Å². The Morgan fingerprint density at radius 1 is 1.19 bits per heavy atom. The van der Waals surface area contributed by atoms with Gasteiger partial charge in [-0.3, -0.25) is 9.78 Å². The number of anilines is 1. The van der Waals surface area contributed by atoms with E-state index in [0.717, 1.165) is 17.7 Å². The molecule has 0 aliphatic heterocycles. The van der Waals surface area contributed by atoms with Crippen molar-refractivity contribution in [1.82, 2.24) is 19.7 Å². The Hall–Kier alpha value is -2.81. The van der Waals surface area contributed by atoms with Gasteiger partial charge in [0.2, 0.25) is 5.91 Å². The minimum atomic E-state index is -0.822. The number of halogens is 2. The van der Waals surface area contributed by atoms with Crippen LogP contribution in [0.3, 0.4) is 0 Å². The van der Waals surface area contributed by atoms with Crippen molar-refractivity contribution in [3.05, 3.63) is 54.4 Å². The summed E-state index contributed by atoms with van der Waals surface area (Å²) in [6.45, 7) is 4.18. The molecule has 3 aromatic rings. The van der Waals surface area contributed by atoms with E-state index in [4.69, 9.17) is 0 Å². The minimum Gasteiger partial charge on any atom is -0.320 e. The van der Waals surface area contributed by atoms with Crippen LogP contribution in [0.25, 0.3) is 11.4 Å². The molecule has 140 valence electrons. The predicted octanol–water partition coefficient (Wildman–Crippen LogP) is 3.76. The zero-order valence-electron chi connectivity index (χ0n) is 14.7. The number of aromatic nitrogens is 4. The zero-order valence-corrected chi connectivity index (χ0v) is 15.5. The Bertz CT molecular complexity index is 928. The summed E-state index contributed by atoms with van der Waals surface area (Å²) in [5.74, 6) is -1.51. The molecule has 0 unspecified atom stereocenters. The maximum atomic E-state index is 13.7. The predicted molar refractivity (Wildman–Crippen MR) is 99.2 cm³/mol. The van der Waals surface area contributed by atoms with Gasteiger partial charge in [0.15, 0.2) is 11.0 Å². The number of carbonyl (C=O) groups is 1. The molecule has 0 aliphatic rings. The standard InChI is InChI=1S/C18H17F2N5OS/c1-3-25-16(12-7-9-21-10-8-12)23-24-18(25)27-11(2)17(26)22-15-13(19)5-4-6-14(15)20/h4-11H,3H2,1-2H3,(H,22,26)/t11-/m1/s1. The number of hydrogen-bond donors (Lipinski definition) is 1. The third-order valence-electron chi connectivity index (χ3n) is 3.83. The van der Waals surface area contributed by atoms with Gasteiger partial charge in [0.05, 0.1) is 5.25 Å². The lowest BCUT2D eigenvalue weighted by Crippen LogP contribution is -2.24. The molecule has 0 radical (unpaired) electrons. The molecule has 0 saturated carbocycles. The number of para-hydroxylation sites is 1. The van der Waals surface area contributed by atoms with Crippen molar-refractivity contribution in [2.24, 2.45) is 0 Å². The Labute approximate surface area is 159 Å². The molecule has 0 fully saturated rings. The van der Waals surface area contributed by atoms with E-state index < -0.39 is 28.5 Å². The fourth-order valence-corrected chi connectivity index (χ4v) is 3.34. The zero-order chi connectivity index (χ0) is 19.4. The molecule has 1 atom stereocenters. The van der Waals surface area contributed by atoms with Crippen LogP contribution in [-0.2, 0) is 11.3 Å². The number of thioether (sulfide) groups is 1. The fourth-order valence-electron chi connectivity index (χ4n) is 2.43. The summed E-state index contributed by atoms with van der Waals surface area (Å²) in [7, 11) is 0. The number of amides is 1. The largest absolute Gasteiger partial charge is 0.320 e. The number of nitrogens with zero attached hydrogens (tertiary/aromatic N) is 4. The van der Waals surface area contributed by atoms with Crippen molar-refractivity contribution in [3.63, 3.8) is 0 Å². The van der Waals surface area contributed by atoms with Gasteiger partial charge in [-0.2, -0.15) is 0 Å². The monoisotopic (exact) mass is 389 g/mol. The molecule has 1 amide bonds. The van der Waals surface area contributed by atoms with Crippen LogP contribution in [-0.4, -0.2) is 30.9 Å². The Kier molecular flexibility index (Phi) is 5.80. The van der Waals surface area contributed by atoms with Crippen molar-refractivity contribution in [1.29, 1.82) is 0 Å². The average Bonchev–Trinajstić information content (AvgIpc) is 3.07. The van der Waals surface area contributed by atoms with Crippen LogP contribution < -0.4 is 5.32 Å². The first-order chi connectivity index (χ1) is 13.0. The van der Waals surface area contributed by atoms with Gasteiger partial charge in [-0.25, -0.2) is 8.78 Å². The maximum Gasteiger partial charge on any atom is 0.237 e. The van der Waals surface area contributed by atoms with Crippen molar-refractivity contribution < 1.29 is 13.6 Å². The van der Waals surface area contributed by atoms with Gasteiger partial charge in [-0.1, -0.05) is 17.8 Å². The van der Waals surface area contributed by atoms with Gasteiger partial charge >= 0.3 is 0 Å². The van der Waals surface area contributed by atoms with Crippen molar-refractivity contribution in [2.45, 2.75) is 30.8 Å². The Morgan fingerprint density at radius 2 is 1.85 bits per heavy atom. The first-order valence-electron chi connectivity index (χ1n) is 8.26. The molecule has 2 aromatic heterocycles. The molecule has 6 nitrogen and oxygen atoms in total. The van der Waals surface area contributed by atoms with Crippen LogP contribution in [0.15, 0.2) is 47.9 Å². The van der Waals surface area contributed by atoms with E-state index in [-0.39, 0.29) is 0 Å². The lowest BCUT2D eigenvalue weighted by Gasteiger charge is -2.13. The smallest absolute Gasteiger partial charge is 0.237 e. The second-order valence-corrected chi connectivity index (χ2v) is 6.94. The molecule has 0 aliphatic carbocycles. The first kappa shape index (κ1) is 19.0. The molecule has 27 heavy (non-hydrogen) atoms. The van der Waals surface area contributed by atoms with E-state index in [2.05, 4.69) is 20.5 Å². The highest BCUT2D eigenvalue weighted by Gasteiger charge is 2.22. The molecule has 1 aromatic carbocycles. The van der Waals surface area contributed by atoms with Gasteiger partial charge < -0.3 is 9.88 Å². The van der Waals surface area contributed by atoms with Crippen LogP contribution in [0.5, 0.6) is 0 Å². The van der Waals surface area contributed by atoms with Gasteiger partial charge in [-0.05, 0) is 38.1 Å². The number of carbonyl (C=O) groups excluding carboxylic acids is 1. The van der Waals surface area contributed by atoms with Gasteiger partial charge in [-0.15, -0.1) is 10.2 Å². The molecule has 9 heteroatoms. The van der Waals surface area contributed by atoms with E-state index in [1.165, 1.54) is 17.8 Å². The maximum absolute atomic E-state index is 13.7. The van der Waals surface area contributed by atoms with Crippen LogP contribution in [0.2, 0.25) is 0 Å². The SMILES string of the molecule is CCn1c(S[C@H](C)C(=O)Nc2c(F)cccc2F)nnc1-c1ccncc1. The third kappa shape index (κ3) is 4.13. The second-order valence-electron chi connectivity index (χ2n) is 5.63. The highest BCUT2D eigenvalue weighted by molar-refractivity contribution is 8.00. The number of rotatable bonds is 6. The average molecular weight is 389 g/mol. The number of hydrogen-bond acceptors (Lipinski definition) is 5. The molecular formula is C18H17F2N5OS. The normalized spacial score (nSPS) is 12.0. The lowest BCUT2D eigenvalue weighted by atomic mass is 10.2. The second kappa shape index (κ2) is 8.26. The van der Waals surface area contributed by atoms with Gasteiger partial charge in [0, 0.05) is 24.5 Å². The number of nitrogens with one attached hydrogen (secondary N) is 1. The number of benzene rings is 1. The summed E-state index contributed by atoms with van der Waals surface area (Å²) < 4.78 is 29.3. The molecule has 3 rings (SSSR count). The van der Waals surface area contributed by atoms with E-state index >= 15 is 0 Å². The third-order valence-corrected chi connectivity index (χ3v) is 4.91. The lowest BCUT2D eigenvalue weighted by molar-refractivity contribution is -0.115. The van der Waals surface area contributed by atoms with Gasteiger partial charge in [0.25, 0.3) is 0 Å². The van der Waals surface area contributed by atoms with E-state index in [0.29, 0.717) is 17.5 Å². The van der Waals surface area contributed by atoms with E-state index in [1.54, 1.807) is 19.3 Å². The summed E-state index contributed by atoms with van der Waals surface area (Å²) >= 11 is 1.17. The van der Waals surface area contributed by atoms with Crippen molar-refractivity contribution >= 4 is 23.4 Å². The van der Waals surface area contributed by atoms with Crippen LogP contribution in [0.4, 0.5) is 14.5 Å². The summed E-state index contributed by atoms with van der Waals surface area (Å²) in [5, 5.41) is 10.6. The number of pyridine rings is 1. The highest BCUT2D eigenvalue weighted by atomic mass is 32.2. The topological polar surface area (TPSA) is 72.7 Å². The molecular weight excluding hydrogens is 372 g/mol. The van der Waals surface area contributed by atoms with Crippen LogP contribution in [0.1, 0.15) is 13.8 Å². The summed E-state index contributed by atoms with van der Waals surface area (Å²) in [5.41, 5.74) is 0.404. The van der Waals surface area contributed by atoms with E-state index in [9.17, 15) is 13.6 Å². The van der Waals surface area contributed by atoms with Gasteiger partial charge in [0.1, 0.15) is 17.3 Å². The summed E-state index contributed by atoms with van der Waals surface area (Å²) in [4.78, 5) is 16.3. The minimum absolute atomic E-state index is 0.454. The molecule has 0 bridgehead atoms. The van der Waals surface area contributed by atoms with Crippen molar-refractivity contribution in [2.75, 3.05) is 5.32 Å². The van der Waals surface area contributed by atoms with Crippen LogP contribution >= 0.6 is 11.8 Å². The molecule has 1 N–H and O–H groups in total. The Morgan fingerprint density at radius 3 is 2.48 bits per heavy atom. The molecule has 0 spiro atoms. The quantitative estimate of drug-likeness (QED) is 0.650. The summed E-state index contributed by atoms with van der Waals surface area (Å²) in [6.07, 6.45) is 3.33. The fraction of sp³-hybridized carbons (Fsp3) is 0.222. The first-order valence-corrected chi connectivity index (χ1v) is 9.14. The summed E-state index contributed by atoms with van der Waals surface area (Å²) in [6, 6.07) is 7.06. The molecule has 0 saturated heterocycles. The van der Waals surface area contributed by atoms with E-state index in [1.807, 2.05) is 23.6 Å².